The molecule has 0 spiro atoms. The molecule has 3 nitrogen and oxygen atoms in total. The summed E-state index contributed by atoms with van der Waals surface area (Å²) in [5.74, 6) is -1.14. The van der Waals surface area contributed by atoms with Crippen molar-refractivity contribution in [3.8, 4) is 0 Å². The lowest BCUT2D eigenvalue weighted by atomic mass is 9.85. The van der Waals surface area contributed by atoms with Crippen molar-refractivity contribution in [1.29, 1.82) is 0 Å². The standard InChI is InChI=1S/C12H17NO2/c1-7-5-8(2)10(9(3)6-7)12(4,13)11(14)15/h5-6H,13H2,1-4H3,(H,14,15)/t12-/m1/s1. The summed E-state index contributed by atoms with van der Waals surface area (Å²) >= 11 is 0. The number of benzene rings is 1. The summed E-state index contributed by atoms with van der Waals surface area (Å²) in [5.41, 5.74) is 6.34. The van der Waals surface area contributed by atoms with E-state index in [2.05, 4.69) is 5.73 Å². The van der Waals surface area contributed by atoms with E-state index in [-0.39, 0.29) is 0 Å². The zero-order chi connectivity index (χ0) is 11.8. The van der Waals surface area contributed by atoms with E-state index >= 15 is 0 Å². The average Bonchev–Trinajstić information content (AvgIpc) is 2.00. The number of quaternary nitrogens is 1. The molecule has 0 radical (unpaired) electrons. The monoisotopic (exact) mass is 207 g/mol. The lowest BCUT2D eigenvalue weighted by molar-refractivity contribution is -0.489. The molecule has 3 N–H and O–H groups in total. The van der Waals surface area contributed by atoms with Crippen LogP contribution in [0.2, 0.25) is 0 Å². The number of aryl methyl sites for hydroxylation is 3. The third-order valence-corrected chi connectivity index (χ3v) is 2.68. The van der Waals surface area contributed by atoms with Crippen molar-refractivity contribution < 1.29 is 15.6 Å². The van der Waals surface area contributed by atoms with Crippen molar-refractivity contribution in [3.05, 3.63) is 34.4 Å². The van der Waals surface area contributed by atoms with Gasteiger partial charge in [0.25, 0.3) is 0 Å². The Balaban J connectivity index is 3.44. The van der Waals surface area contributed by atoms with Crippen molar-refractivity contribution in [2.75, 3.05) is 0 Å². The van der Waals surface area contributed by atoms with Crippen LogP contribution >= 0.6 is 0 Å². The van der Waals surface area contributed by atoms with Gasteiger partial charge in [0, 0.05) is 12.5 Å². The van der Waals surface area contributed by atoms with Crippen LogP contribution in [0.15, 0.2) is 12.1 Å². The molecule has 3 heteroatoms. The Morgan fingerprint density at radius 2 is 1.67 bits per heavy atom. The van der Waals surface area contributed by atoms with Crippen molar-refractivity contribution >= 4 is 5.97 Å². The Hall–Kier alpha value is -1.35. The van der Waals surface area contributed by atoms with Gasteiger partial charge in [0.1, 0.15) is 5.97 Å². The minimum absolute atomic E-state index is 0.758. The van der Waals surface area contributed by atoms with Crippen molar-refractivity contribution in [3.63, 3.8) is 0 Å². The Labute approximate surface area is 89.9 Å². The molecular weight excluding hydrogens is 190 g/mol. The third-order valence-electron chi connectivity index (χ3n) is 2.68. The second kappa shape index (κ2) is 3.66. The fourth-order valence-corrected chi connectivity index (χ4v) is 2.15. The Bertz CT molecular complexity index is 385. The van der Waals surface area contributed by atoms with Crippen molar-refractivity contribution in [1.82, 2.24) is 0 Å². The minimum Gasteiger partial charge on any atom is -0.543 e. The van der Waals surface area contributed by atoms with E-state index in [0.717, 1.165) is 22.3 Å². The van der Waals surface area contributed by atoms with Crippen LogP contribution < -0.4 is 10.8 Å². The highest BCUT2D eigenvalue weighted by molar-refractivity contribution is 5.77. The van der Waals surface area contributed by atoms with Gasteiger partial charge in [-0.2, -0.15) is 0 Å². The Morgan fingerprint density at radius 1 is 1.27 bits per heavy atom. The van der Waals surface area contributed by atoms with Crippen LogP contribution in [-0.2, 0) is 10.3 Å². The van der Waals surface area contributed by atoms with Crippen LogP contribution in [-0.4, -0.2) is 5.97 Å². The number of carboxylic acids is 1. The van der Waals surface area contributed by atoms with Gasteiger partial charge in [0.2, 0.25) is 0 Å². The highest BCUT2D eigenvalue weighted by Crippen LogP contribution is 2.24. The van der Waals surface area contributed by atoms with Crippen LogP contribution in [0.25, 0.3) is 0 Å². The molecule has 0 fully saturated rings. The Kier molecular flexibility index (Phi) is 2.86. The maximum Gasteiger partial charge on any atom is 0.158 e. The van der Waals surface area contributed by atoms with Gasteiger partial charge in [0.05, 0.1) is 0 Å². The molecular formula is C12H17NO2. The lowest BCUT2D eigenvalue weighted by Crippen LogP contribution is -2.75. The van der Waals surface area contributed by atoms with Gasteiger partial charge >= 0.3 is 0 Å². The quantitative estimate of drug-likeness (QED) is 0.731. The number of aliphatic carboxylic acids is 1. The van der Waals surface area contributed by atoms with E-state index in [1.165, 1.54) is 0 Å². The highest BCUT2D eigenvalue weighted by atomic mass is 16.4. The number of rotatable bonds is 2. The fourth-order valence-electron chi connectivity index (χ4n) is 2.15. The molecule has 0 bridgehead atoms. The van der Waals surface area contributed by atoms with Gasteiger partial charge in [-0.25, -0.2) is 0 Å². The molecule has 0 amide bonds. The predicted molar refractivity (Wildman–Crippen MR) is 55.9 cm³/mol. The first kappa shape index (κ1) is 11.7. The normalized spacial score (nSPS) is 14.7. The van der Waals surface area contributed by atoms with Gasteiger partial charge in [-0.1, -0.05) is 17.7 Å². The average molecular weight is 207 g/mol. The fraction of sp³-hybridized carbons (Fsp3) is 0.417. The summed E-state index contributed by atoms with van der Waals surface area (Å²) in [6.45, 7) is 7.37. The summed E-state index contributed by atoms with van der Waals surface area (Å²) in [7, 11) is 0. The number of carboxylic acid groups (broad SMARTS) is 1. The molecule has 0 saturated carbocycles. The molecule has 0 aliphatic rings. The molecule has 0 aliphatic carbocycles. The molecule has 1 atom stereocenters. The first-order valence-electron chi connectivity index (χ1n) is 4.92. The topological polar surface area (TPSA) is 67.8 Å². The summed E-state index contributed by atoms with van der Waals surface area (Å²) in [6, 6.07) is 3.93. The van der Waals surface area contributed by atoms with E-state index in [4.69, 9.17) is 0 Å². The van der Waals surface area contributed by atoms with Gasteiger partial charge in [-0.3, -0.25) is 0 Å². The lowest BCUT2D eigenvalue weighted by Gasteiger charge is -2.26. The van der Waals surface area contributed by atoms with Gasteiger partial charge < -0.3 is 15.6 Å². The van der Waals surface area contributed by atoms with E-state index in [9.17, 15) is 9.90 Å². The van der Waals surface area contributed by atoms with Crippen LogP contribution in [0.1, 0.15) is 29.2 Å². The zero-order valence-corrected chi connectivity index (χ0v) is 9.68. The number of carbonyl (C=O) groups is 1. The second-order valence-electron chi connectivity index (χ2n) is 4.39. The van der Waals surface area contributed by atoms with Crippen molar-refractivity contribution in [2.45, 2.75) is 33.2 Å². The van der Waals surface area contributed by atoms with Crippen LogP contribution in [0.3, 0.4) is 0 Å². The maximum atomic E-state index is 11.0. The molecule has 1 aromatic carbocycles. The molecule has 1 aromatic rings. The molecule has 1 rings (SSSR count). The summed E-state index contributed by atoms with van der Waals surface area (Å²) < 4.78 is 0. The maximum absolute atomic E-state index is 11.0. The predicted octanol–water partition coefficient (Wildman–Crippen LogP) is -0.181. The van der Waals surface area contributed by atoms with Gasteiger partial charge in [0.15, 0.2) is 5.54 Å². The third kappa shape index (κ3) is 2.02. The number of hydrogen-bond donors (Lipinski definition) is 1. The zero-order valence-electron chi connectivity index (χ0n) is 9.68. The Morgan fingerprint density at radius 3 is 2.00 bits per heavy atom. The first-order valence-corrected chi connectivity index (χ1v) is 4.92. The number of carbonyl (C=O) groups excluding carboxylic acids is 1. The van der Waals surface area contributed by atoms with Crippen LogP contribution in [0.5, 0.6) is 0 Å². The van der Waals surface area contributed by atoms with E-state index in [1.54, 1.807) is 6.92 Å². The molecule has 0 heterocycles. The van der Waals surface area contributed by atoms with E-state index in [1.807, 2.05) is 32.9 Å². The first-order chi connectivity index (χ1) is 6.76. The molecule has 0 saturated heterocycles. The van der Waals surface area contributed by atoms with E-state index < -0.39 is 11.5 Å². The molecule has 82 valence electrons. The van der Waals surface area contributed by atoms with E-state index in [0.29, 0.717) is 0 Å². The minimum atomic E-state index is -1.18. The molecule has 0 aromatic heterocycles. The largest absolute Gasteiger partial charge is 0.543 e. The summed E-state index contributed by atoms with van der Waals surface area (Å²) in [4.78, 5) is 11.0. The molecule has 0 aliphatic heterocycles. The van der Waals surface area contributed by atoms with Crippen molar-refractivity contribution in [2.24, 2.45) is 0 Å². The summed E-state index contributed by atoms with van der Waals surface area (Å²) in [6.07, 6.45) is 0. The highest BCUT2D eigenvalue weighted by Gasteiger charge is 2.30. The van der Waals surface area contributed by atoms with Gasteiger partial charge in [-0.15, -0.1) is 0 Å². The molecule has 15 heavy (non-hydrogen) atoms. The smallest absolute Gasteiger partial charge is 0.158 e. The van der Waals surface area contributed by atoms with Crippen LogP contribution in [0, 0.1) is 20.8 Å². The van der Waals surface area contributed by atoms with Crippen LogP contribution in [0.4, 0.5) is 0 Å². The SMILES string of the molecule is Cc1cc(C)c([C@@](C)([NH3+])C(=O)[O-])c(C)c1. The summed E-state index contributed by atoms with van der Waals surface area (Å²) in [5, 5.41) is 11.0. The second-order valence-corrected chi connectivity index (χ2v) is 4.39. The molecule has 0 unspecified atom stereocenters. The van der Waals surface area contributed by atoms with Gasteiger partial charge in [-0.05, 0) is 31.9 Å². The number of hydrogen-bond acceptors (Lipinski definition) is 2.